The number of piperidine rings is 1. The van der Waals surface area contributed by atoms with Gasteiger partial charge in [0, 0.05) is 49.7 Å². The summed E-state index contributed by atoms with van der Waals surface area (Å²) in [5.41, 5.74) is 3.45. The highest BCUT2D eigenvalue weighted by molar-refractivity contribution is 5.88. The Bertz CT molecular complexity index is 1210. The molecule has 10 heteroatoms. The van der Waals surface area contributed by atoms with Gasteiger partial charge in [-0.3, -0.25) is 0 Å². The molecule has 1 aromatic carbocycles. The molecule has 3 saturated heterocycles. The fourth-order valence-electron chi connectivity index (χ4n) is 5.78. The number of hydrogen-bond donors (Lipinski definition) is 2. The number of morpholine rings is 1. The molecule has 1 aromatic heterocycles. The van der Waals surface area contributed by atoms with Gasteiger partial charge in [0.15, 0.2) is 0 Å². The lowest BCUT2D eigenvalue weighted by atomic mass is 9.85. The summed E-state index contributed by atoms with van der Waals surface area (Å²) < 4.78 is 17.0. The molecule has 1 amide bonds. The largest absolute Gasteiger partial charge is 0.467 e. The highest BCUT2D eigenvalue weighted by Crippen LogP contribution is 2.35. The van der Waals surface area contributed by atoms with Crippen molar-refractivity contribution < 1.29 is 19.0 Å². The fraction of sp³-hybridized carbons (Fsp3) is 0.586. The van der Waals surface area contributed by atoms with Crippen molar-refractivity contribution in [3.63, 3.8) is 0 Å². The van der Waals surface area contributed by atoms with E-state index in [1.54, 1.807) is 12.0 Å². The van der Waals surface area contributed by atoms with Gasteiger partial charge in [0.05, 0.1) is 19.3 Å². The third-order valence-corrected chi connectivity index (χ3v) is 7.69. The Morgan fingerprint density at radius 2 is 1.79 bits per heavy atom. The van der Waals surface area contributed by atoms with Crippen molar-refractivity contribution in [1.29, 1.82) is 5.41 Å². The van der Waals surface area contributed by atoms with Crippen LogP contribution in [0.5, 0.6) is 6.01 Å². The first-order chi connectivity index (χ1) is 18.6. The summed E-state index contributed by atoms with van der Waals surface area (Å²) in [6, 6.07) is 6.42. The SMILES string of the molecule is COc1nc(Nc2cc(C3CCN(C(=O)OC(C)(C)C)CC3)c(C)cc2C=N)cc(N2CC3CCC(C2)O3)n1. The van der Waals surface area contributed by atoms with E-state index < -0.39 is 5.60 Å². The second-order valence-corrected chi connectivity index (χ2v) is 11.8. The monoisotopic (exact) mass is 536 g/mol. The van der Waals surface area contributed by atoms with Gasteiger partial charge >= 0.3 is 12.1 Å². The quantitative estimate of drug-likeness (QED) is 0.495. The number of nitrogens with one attached hydrogen (secondary N) is 2. The number of rotatable bonds is 6. The molecule has 0 saturated carbocycles. The molecule has 3 fully saturated rings. The minimum atomic E-state index is -0.501. The summed E-state index contributed by atoms with van der Waals surface area (Å²) in [7, 11) is 1.57. The second-order valence-electron chi connectivity index (χ2n) is 11.8. The van der Waals surface area contributed by atoms with Gasteiger partial charge in [0.1, 0.15) is 17.2 Å². The number of aromatic nitrogens is 2. The maximum absolute atomic E-state index is 12.5. The Balaban J connectivity index is 1.35. The van der Waals surface area contributed by atoms with Crippen molar-refractivity contribution >= 4 is 29.6 Å². The van der Waals surface area contributed by atoms with Crippen molar-refractivity contribution in [3.05, 3.63) is 34.9 Å². The van der Waals surface area contributed by atoms with Crippen LogP contribution in [0, 0.1) is 12.3 Å². The number of anilines is 3. The molecule has 0 spiro atoms. The molecular weight excluding hydrogens is 496 g/mol. The molecule has 2 bridgehead atoms. The predicted molar refractivity (Wildman–Crippen MR) is 151 cm³/mol. The Hall–Kier alpha value is -3.40. The molecule has 3 aliphatic heterocycles. The number of aryl methyl sites for hydroxylation is 1. The molecule has 0 radical (unpaired) electrons. The Kier molecular flexibility index (Phi) is 7.66. The molecule has 2 atom stereocenters. The lowest BCUT2D eigenvalue weighted by Gasteiger charge is -2.34. The van der Waals surface area contributed by atoms with Crippen molar-refractivity contribution in [2.45, 2.75) is 77.1 Å². The Labute approximate surface area is 230 Å². The van der Waals surface area contributed by atoms with E-state index in [1.165, 1.54) is 11.8 Å². The van der Waals surface area contributed by atoms with Crippen LogP contribution in [-0.4, -0.2) is 78.3 Å². The average Bonchev–Trinajstić information content (AvgIpc) is 3.25. The van der Waals surface area contributed by atoms with Crippen molar-refractivity contribution in [2.24, 2.45) is 0 Å². The van der Waals surface area contributed by atoms with E-state index in [0.29, 0.717) is 30.8 Å². The summed E-state index contributed by atoms with van der Waals surface area (Å²) in [5.74, 6) is 1.74. The third kappa shape index (κ3) is 6.27. The second kappa shape index (κ2) is 11.0. The topological polar surface area (TPSA) is 113 Å². The first-order valence-corrected chi connectivity index (χ1v) is 13.9. The number of nitrogens with zero attached hydrogens (tertiary/aromatic N) is 4. The van der Waals surface area contributed by atoms with Crippen LogP contribution in [0.4, 0.5) is 22.1 Å². The standard InChI is InChI=1S/C29H40N6O4/c1-18-12-20(15-30)24(13-23(18)19-8-10-34(11-9-19)28(36)39-29(2,3)4)31-25-14-26(33-27(32-25)37-5)35-16-21-6-7-22(17-35)38-21/h12-15,19,21-22,30H,6-11,16-17H2,1-5H3,(H,31,32,33). The van der Waals surface area contributed by atoms with E-state index >= 15 is 0 Å². The van der Waals surface area contributed by atoms with Crippen LogP contribution in [0.2, 0.25) is 0 Å². The third-order valence-electron chi connectivity index (χ3n) is 7.69. The molecule has 2 aromatic rings. The number of carbonyl (C=O) groups excluding carboxylic acids is 1. The van der Waals surface area contributed by atoms with Gasteiger partial charge in [0.25, 0.3) is 0 Å². The van der Waals surface area contributed by atoms with Crippen LogP contribution in [0.3, 0.4) is 0 Å². The molecule has 39 heavy (non-hydrogen) atoms. The minimum absolute atomic E-state index is 0.243. The van der Waals surface area contributed by atoms with Crippen molar-refractivity contribution in [3.8, 4) is 6.01 Å². The first kappa shape index (κ1) is 27.2. The maximum Gasteiger partial charge on any atom is 0.410 e. The molecule has 4 heterocycles. The zero-order valence-corrected chi connectivity index (χ0v) is 23.6. The smallest absolute Gasteiger partial charge is 0.410 e. The van der Waals surface area contributed by atoms with Crippen LogP contribution >= 0.6 is 0 Å². The highest BCUT2D eigenvalue weighted by Gasteiger charge is 2.35. The summed E-state index contributed by atoms with van der Waals surface area (Å²) in [6.07, 6.45) is 5.48. The van der Waals surface area contributed by atoms with Gasteiger partial charge in [-0.15, -0.1) is 0 Å². The van der Waals surface area contributed by atoms with Crippen LogP contribution < -0.4 is 15.0 Å². The zero-order chi connectivity index (χ0) is 27.7. The Morgan fingerprint density at radius 3 is 2.41 bits per heavy atom. The average molecular weight is 537 g/mol. The summed E-state index contributed by atoms with van der Waals surface area (Å²) in [5, 5.41) is 11.5. The summed E-state index contributed by atoms with van der Waals surface area (Å²) >= 11 is 0. The number of likely N-dealkylation sites (tertiary alicyclic amines) is 1. The van der Waals surface area contributed by atoms with Gasteiger partial charge < -0.3 is 34.7 Å². The normalized spacial score (nSPS) is 21.6. The van der Waals surface area contributed by atoms with Crippen molar-refractivity contribution in [2.75, 3.05) is 43.5 Å². The van der Waals surface area contributed by atoms with Crippen LogP contribution in [-0.2, 0) is 9.47 Å². The van der Waals surface area contributed by atoms with E-state index in [9.17, 15) is 4.79 Å². The fourth-order valence-corrected chi connectivity index (χ4v) is 5.78. The molecule has 5 rings (SSSR count). The lowest BCUT2D eigenvalue weighted by molar-refractivity contribution is 0.0204. The summed E-state index contributed by atoms with van der Waals surface area (Å²) in [4.78, 5) is 25.8. The van der Waals surface area contributed by atoms with Crippen LogP contribution in [0.15, 0.2) is 18.2 Å². The molecule has 2 N–H and O–H groups in total. The van der Waals surface area contributed by atoms with E-state index in [4.69, 9.17) is 19.6 Å². The van der Waals surface area contributed by atoms with Crippen molar-refractivity contribution in [1.82, 2.24) is 14.9 Å². The maximum atomic E-state index is 12.5. The van der Waals surface area contributed by atoms with Crippen LogP contribution in [0.1, 0.15) is 69.1 Å². The number of benzene rings is 1. The number of methoxy groups -OCH3 is 1. The lowest BCUT2D eigenvalue weighted by Crippen LogP contribution is -2.43. The highest BCUT2D eigenvalue weighted by atomic mass is 16.6. The van der Waals surface area contributed by atoms with Gasteiger partial charge in [-0.25, -0.2) is 4.79 Å². The van der Waals surface area contributed by atoms with Gasteiger partial charge in [-0.2, -0.15) is 9.97 Å². The van der Waals surface area contributed by atoms with Gasteiger partial charge in [-0.1, -0.05) is 0 Å². The molecule has 0 aliphatic carbocycles. The Morgan fingerprint density at radius 1 is 1.10 bits per heavy atom. The number of carbonyl (C=O) groups is 1. The predicted octanol–water partition coefficient (Wildman–Crippen LogP) is 5.02. The van der Waals surface area contributed by atoms with Gasteiger partial charge in [0.2, 0.25) is 0 Å². The molecular formula is C29H40N6O4. The molecule has 3 aliphatic rings. The number of hydrogen-bond acceptors (Lipinski definition) is 9. The molecule has 2 unspecified atom stereocenters. The zero-order valence-electron chi connectivity index (χ0n) is 23.6. The van der Waals surface area contributed by atoms with E-state index in [-0.39, 0.29) is 18.3 Å². The van der Waals surface area contributed by atoms with Gasteiger partial charge in [-0.05, 0) is 82.6 Å². The number of fused-ring (bicyclic) bond motifs is 2. The summed E-state index contributed by atoms with van der Waals surface area (Å²) in [6.45, 7) is 10.7. The van der Waals surface area contributed by atoms with E-state index in [2.05, 4.69) is 33.2 Å². The first-order valence-electron chi connectivity index (χ1n) is 13.9. The van der Waals surface area contributed by atoms with E-state index in [1.807, 2.05) is 32.9 Å². The molecule has 10 nitrogen and oxygen atoms in total. The number of ether oxygens (including phenoxy) is 3. The minimum Gasteiger partial charge on any atom is -0.467 e. The van der Waals surface area contributed by atoms with E-state index in [0.717, 1.165) is 61.4 Å². The number of amides is 1. The van der Waals surface area contributed by atoms with Crippen LogP contribution in [0.25, 0.3) is 0 Å². The molecule has 210 valence electrons.